The van der Waals surface area contributed by atoms with Crippen LogP contribution >= 0.6 is 11.6 Å². The highest BCUT2D eigenvalue weighted by Crippen LogP contribution is 2.30. The summed E-state index contributed by atoms with van der Waals surface area (Å²) in [6, 6.07) is 11.6. The largest absolute Gasteiger partial charge is 0.438 e. The monoisotopic (exact) mass is 284 g/mol. The summed E-state index contributed by atoms with van der Waals surface area (Å²) < 4.78 is 5.95. The molecule has 0 aliphatic heterocycles. The lowest BCUT2D eigenvalue weighted by Crippen LogP contribution is -1.93. The highest BCUT2D eigenvalue weighted by atomic mass is 35.5. The van der Waals surface area contributed by atoms with E-state index in [1.54, 1.807) is 6.07 Å². The molecule has 0 atom stereocenters. The molecule has 2 aromatic carbocycles. The van der Waals surface area contributed by atoms with Crippen molar-refractivity contribution in [3.63, 3.8) is 0 Å². The fourth-order valence-corrected chi connectivity index (χ4v) is 2.17. The number of benzene rings is 2. The fraction of sp³-hybridized carbons (Fsp3) is 0.125. The maximum Gasteiger partial charge on any atom is 0.230 e. The van der Waals surface area contributed by atoms with Crippen molar-refractivity contribution < 1.29 is 4.74 Å². The number of halogens is 1. The van der Waals surface area contributed by atoms with Crippen molar-refractivity contribution in [2.45, 2.75) is 13.8 Å². The number of aromatic nitrogens is 2. The van der Waals surface area contributed by atoms with E-state index in [2.05, 4.69) is 16.0 Å². The lowest BCUT2D eigenvalue weighted by atomic mass is 10.1. The molecule has 0 saturated carbocycles. The van der Waals surface area contributed by atoms with Crippen molar-refractivity contribution in [3.8, 4) is 11.6 Å². The van der Waals surface area contributed by atoms with Gasteiger partial charge in [0, 0.05) is 5.02 Å². The Balaban J connectivity index is 2.09. The predicted molar refractivity (Wildman–Crippen MR) is 80.5 cm³/mol. The van der Waals surface area contributed by atoms with Crippen LogP contribution in [0.5, 0.6) is 11.6 Å². The molecule has 0 aliphatic carbocycles. The van der Waals surface area contributed by atoms with E-state index in [9.17, 15) is 0 Å². The molecule has 1 heterocycles. The fourth-order valence-electron chi connectivity index (χ4n) is 2.01. The van der Waals surface area contributed by atoms with Crippen LogP contribution in [0.25, 0.3) is 10.9 Å². The summed E-state index contributed by atoms with van der Waals surface area (Å²) in [5, 5.41) is 1.49. The second-order valence-electron chi connectivity index (χ2n) is 4.71. The van der Waals surface area contributed by atoms with E-state index in [1.807, 2.05) is 38.1 Å². The van der Waals surface area contributed by atoms with E-state index in [1.165, 1.54) is 6.33 Å². The number of ether oxygens (including phenoxy) is 1. The third-order valence-corrected chi connectivity index (χ3v) is 3.35. The summed E-state index contributed by atoms with van der Waals surface area (Å²) in [5.41, 5.74) is 2.98. The van der Waals surface area contributed by atoms with Gasteiger partial charge in [0.2, 0.25) is 5.88 Å². The molecule has 3 rings (SSSR count). The zero-order valence-corrected chi connectivity index (χ0v) is 12.0. The van der Waals surface area contributed by atoms with Crippen LogP contribution < -0.4 is 4.74 Å². The van der Waals surface area contributed by atoms with E-state index < -0.39 is 0 Å². The molecule has 100 valence electrons. The quantitative estimate of drug-likeness (QED) is 0.684. The topological polar surface area (TPSA) is 35.0 Å². The van der Waals surface area contributed by atoms with Crippen molar-refractivity contribution >= 4 is 22.5 Å². The Morgan fingerprint density at radius 2 is 1.85 bits per heavy atom. The van der Waals surface area contributed by atoms with Crippen LogP contribution in [0.1, 0.15) is 11.1 Å². The van der Waals surface area contributed by atoms with Gasteiger partial charge < -0.3 is 4.74 Å². The Kier molecular flexibility index (Phi) is 3.28. The van der Waals surface area contributed by atoms with Crippen LogP contribution in [0.15, 0.2) is 42.7 Å². The molecule has 0 fully saturated rings. The van der Waals surface area contributed by atoms with Gasteiger partial charge in [0.15, 0.2) is 0 Å². The van der Waals surface area contributed by atoms with Crippen molar-refractivity contribution in [2.75, 3.05) is 0 Å². The van der Waals surface area contributed by atoms with Gasteiger partial charge in [-0.25, -0.2) is 9.97 Å². The van der Waals surface area contributed by atoms with Crippen molar-refractivity contribution in [2.24, 2.45) is 0 Å². The molecule has 0 radical (unpaired) electrons. The molecule has 1 aromatic heterocycles. The van der Waals surface area contributed by atoms with Gasteiger partial charge in [-0.1, -0.05) is 23.7 Å². The lowest BCUT2D eigenvalue weighted by molar-refractivity contribution is 0.464. The van der Waals surface area contributed by atoms with Crippen LogP contribution in [-0.4, -0.2) is 9.97 Å². The van der Waals surface area contributed by atoms with Gasteiger partial charge in [0.05, 0.1) is 10.9 Å². The standard InChI is InChI=1S/C16H13ClN2O/c1-10-3-4-11(2)15(7-10)20-16-13-6-5-12(17)8-14(13)18-9-19-16/h3-9H,1-2H3. The molecule has 0 saturated heterocycles. The Hall–Kier alpha value is -2.13. The third-order valence-electron chi connectivity index (χ3n) is 3.11. The average Bonchev–Trinajstić information content (AvgIpc) is 2.43. The number of hydrogen-bond donors (Lipinski definition) is 0. The maximum atomic E-state index is 5.98. The van der Waals surface area contributed by atoms with Gasteiger partial charge in [0.1, 0.15) is 12.1 Å². The minimum absolute atomic E-state index is 0.542. The molecule has 0 amide bonds. The van der Waals surface area contributed by atoms with Crippen molar-refractivity contribution in [1.29, 1.82) is 0 Å². The Morgan fingerprint density at radius 3 is 2.70 bits per heavy atom. The molecular formula is C16H13ClN2O. The maximum absolute atomic E-state index is 5.98. The normalized spacial score (nSPS) is 10.8. The third kappa shape index (κ3) is 2.45. The highest BCUT2D eigenvalue weighted by Gasteiger charge is 2.08. The average molecular weight is 285 g/mol. The zero-order valence-electron chi connectivity index (χ0n) is 11.2. The first-order valence-corrected chi connectivity index (χ1v) is 6.66. The van der Waals surface area contributed by atoms with Gasteiger partial charge in [-0.2, -0.15) is 0 Å². The molecule has 0 aliphatic rings. The number of hydrogen-bond acceptors (Lipinski definition) is 3. The molecule has 0 spiro atoms. The van der Waals surface area contributed by atoms with Crippen LogP contribution in [-0.2, 0) is 0 Å². The number of nitrogens with zero attached hydrogens (tertiary/aromatic N) is 2. The molecule has 0 bridgehead atoms. The molecular weight excluding hydrogens is 272 g/mol. The Bertz CT molecular complexity index is 787. The van der Waals surface area contributed by atoms with E-state index in [-0.39, 0.29) is 0 Å². The van der Waals surface area contributed by atoms with Crippen molar-refractivity contribution in [3.05, 3.63) is 58.9 Å². The van der Waals surface area contributed by atoms with Gasteiger partial charge in [-0.15, -0.1) is 0 Å². The number of fused-ring (bicyclic) bond motifs is 1. The van der Waals surface area contributed by atoms with E-state index in [0.717, 1.165) is 27.8 Å². The number of rotatable bonds is 2. The first-order valence-electron chi connectivity index (χ1n) is 6.29. The second-order valence-corrected chi connectivity index (χ2v) is 5.15. The van der Waals surface area contributed by atoms with Gasteiger partial charge in [0.25, 0.3) is 0 Å². The van der Waals surface area contributed by atoms with E-state index in [0.29, 0.717) is 10.9 Å². The summed E-state index contributed by atoms with van der Waals surface area (Å²) in [6.45, 7) is 4.04. The molecule has 0 unspecified atom stereocenters. The lowest BCUT2D eigenvalue weighted by Gasteiger charge is -2.10. The summed E-state index contributed by atoms with van der Waals surface area (Å²) in [4.78, 5) is 8.43. The predicted octanol–water partition coefficient (Wildman–Crippen LogP) is 4.69. The number of aryl methyl sites for hydroxylation is 2. The first kappa shape index (κ1) is 12.9. The van der Waals surface area contributed by atoms with Crippen molar-refractivity contribution in [1.82, 2.24) is 9.97 Å². The summed E-state index contributed by atoms with van der Waals surface area (Å²) in [5.74, 6) is 1.35. The van der Waals surface area contributed by atoms with E-state index in [4.69, 9.17) is 16.3 Å². The van der Waals surface area contributed by atoms with E-state index >= 15 is 0 Å². The van der Waals surface area contributed by atoms with Crippen LogP contribution in [0.2, 0.25) is 5.02 Å². The molecule has 0 N–H and O–H groups in total. The minimum Gasteiger partial charge on any atom is -0.438 e. The zero-order chi connectivity index (χ0) is 14.1. The molecule has 3 aromatic rings. The van der Waals surface area contributed by atoms with Crippen LogP contribution in [0, 0.1) is 13.8 Å². The first-order chi connectivity index (χ1) is 9.63. The summed E-state index contributed by atoms with van der Waals surface area (Å²) in [7, 11) is 0. The smallest absolute Gasteiger partial charge is 0.230 e. The summed E-state index contributed by atoms with van der Waals surface area (Å²) >= 11 is 5.98. The second kappa shape index (κ2) is 5.10. The van der Waals surface area contributed by atoms with Crippen LogP contribution in [0.4, 0.5) is 0 Å². The van der Waals surface area contributed by atoms with Gasteiger partial charge >= 0.3 is 0 Å². The molecule has 4 heteroatoms. The Morgan fingerprint density at radius 1 is 1.00 bits per heavy atom. The molecule has 20 heavy (non-hydrogen) atoms. The summed E-state index contributed by atoms with van der Waals surface area (Å²) in [6.07, 6.45) is 1.49. The SMILES string of the molecule is Cc1ccc(C)c(Oc2ncnc3cc(Cl)ccc23)c1. The molecule has 3 nitrogen and oxygen atoms in total. The van der Waals surface area contributed by atoms with Gasteiger partial charge in [-0.3, -0.25) is 0 Å². The van der Waals surface area contributed by atoms with Gasteiger partial charge in [-0.05, 0) is 49.2 Å². The minimum atomic E-state index is 0.542. The van der Waals surface area contributed by atoms with Crippen LogP contribution in [0.3, 0.4) is 0 Å². The highest BCUT2D eigenvalue weighted by molar-refractivity contribution is 6.31. The Labute approximate surface area is 122 Å².